The minimum absolute atomic E-state index is 0.0862. The molecule has 0 bridgehead atoms. The van der Waals surface area contributed by atoms with Gasteiger partial charge in [-0.3, -0.25) is 0 Å². The molecule has 2 aromatic carbocycles. The normalized spacial score (nSPS) is 13.9. The molecule has 0 atom stereocenters. The molecule has 9 heteroatoms. The molecule has 0 aliphatic carbocycles. The third-order valence-corrected chi connectivity index (χ3v) is 6.79. The summed E-state index contributed by atoms with van der Waals surface area (Å²) in [5.41, 5.74) is 5.65. The second kappa shape index (κ2) is 9.54. The Labute approximate surface area is 209 Å². The van der Waals surface area contributed by atoms with E-state index >= 15 is 0 Å². The third-order valence-electron chi connectivity index (χ3n) is 6.54. The number of rotatable bonds is 4. The molecule has 2 aromatic heterocycles. The molecule has 0 spiro atoms. The molecule has 1 fully saturated rings. The van der Waals surface area contributed by atoms with Gasteiger partial charge in [-0.2, -0.15) is 10.2 Å². The number of halogens is 1. The monoisotopic (exact) mass is 489 g/mol. The molecule has 3 heterocycles. The van der Waals surface area contributed by atoms with Crippen molar-refractivity contribution in [3.05, 3.63) is 70.5 Å². The first kappa shape index (κ1) is 23.1. The van der Waals surface area contributed by atoms with Crippen LogP contribution in [0.5, 0.6) is 0 Å². The zero-order valence-corrected chi connectivity index (χ0v) is 20.9. The lowest BCUT2D eigenvalue weighted by Crippen LogP contribution is -2.50. The van der Waals surface area contributed by atoms with E-state index in [0.29, 0.717) is 31.2 Å². The fourth-order valence-corrected chi connectivity index (χ4v) is 4.63. The Morgan fingerprint density at radius 2 is 1.66 bits per heavy atom. The summed E-state index contributed by atoms with van der Waals surface area (Å²) in [5.74, 6) is 0.747. The van der Waals surface area contributed by atoms with E-state index in [-0.39, 0.29) is 6.03 Å². The van der Waals surface area contributed by atoms with E-state index in [1.165, 1.54) is 5.56 Å². The number of fused-ring (bicyclic) bond motifs is 1. The number of piperazine rings is 1. The van der Waals surface area contributed by atoms with E-state index < -0.39 is 0 Å². The van der Waals surface area contributed by atoms with Crippen molar-refractivity contribution in [2.45, 2.75) is 27.2 Å². The number of carbonyl (C=O) groups is 1. The SMILES string of the molecule is CCc1ccc(NC(=O)N2CCN(c3nnc(C)c4c(C)n(-c5ccc(Cl)cc5)nc34)CC2)cc1. The first-order valence-electron chi connectivity index (χ1n) is 11.8. The number of benzene rings is 2. The van der Waals surface area contributed by atoms with Gasteiger partial charge in [-0.25, -0.2) is 9.48 Å². The van der Waals surface area contributed by atoms with E-state index in [4.69, 9.17) is 16.7 Å². The Balaban J connectivity index is 1.34. The summed E-state index contributed by atoms with van der Waals surface area (Å²) in [6.45, 7) is 8.60. The van der Waals surface area contributed by atoms with Crippen LogP contribution in [-0.2, 0) is 6.42 Å². The zero-order chi connectivity index (χ0) is 24.5. The molecule has 1 N–H and O–H groups in total. The van der Waals surface area contributed by atoms with E-state index in [2.05, 4.69) is 27.3 Å². The number of nitrogens with zero attached hydrogens (tertiary/aromatic N) is 6. The number of hydrogen-bond acceptors (Lipinski definition) is 5. The molecule has 35 heavy (non-hydrogen) atoms. The maximum Gasteiger partial charge on any atom is 0.321 e. The van der Waals surface area contributed by atoms with Crippen LogP contribution < -0.4 is 10.2 Å². The smallest absolute Gasteiger partial charge is 0.321 e. The summed E-state index contributed by atoms with van der Waals surface area (Å²) in [7, 11) is 0. The number of amides is 2. The summed E-state index contributed by atoms with van der Waals surface area (Å²) in [6, 6.07) is 15.5. The summed E-state index contributed by atoms with van der Waals surface area (Å²) >= 11 is 6.07. The van der Waals surface area contributed by atoms with Gasteiger partial charge < -0.3 is 15.1 Å². The molecule has 1 aliphatic rings. The van der Waals surface area contributed by atoms with Crippen LogP contribution in [0.25, 0.3) is 16.6 Å². The highest BCUT2D eigenvalue weighted by molar-refractivity contribution is 6.30. The maximum atomic E-state index is 12.8. The Bertz CT molecular complexity index is 1360. The van der Waals surface area contributed by atoms with Crippen LogP contribution in [0.4, 0.5) is 16.3 Å². The van der Waals surface area contributed by atoms with Crippen molar-refractivity contribution in [1.29, 1.82) is 0 Å². The third kappa shape index (κ3) is 4.53. The van der Waals surface area contributed by atoms with Gasteiger partial charge in [0.1, 0.15) is 5.52 Å². The number of nitrogens with one attached hydrogen (secondary N) is 1. The van der Waals surface area contributed by atoms with Crippen LogP contribution in [0.1, 0.15) is 23.9 Å². The van der Waals surface area contributed by atoms with E-state index in [1.807, 2.05) is 72.0 Å². The van der Waals surface area contributed by atoms with E-state index in [1.54, 1.807) is 0 Å². The van der Waals surface area contributed by atoms with Crippen LogP contribution in [0.2, 0.25) is 5.02 Å². The number of urea groups is 1. The van der Waals surface area contributed by atoms with Crippen LogP contribution in [0.15, 0.2) is 48.5 Å². The van der Waals surface area contributed by atoms with E-state index in [0.717, 1.165) is 45.9 Å². The Hall–Kier alpha value is -3.65. The second-order valence-electron chi connectivity index (χ2n) is 8.76. The van der Waals surface area contributed by atoms with Gasteiger partial charge in [-0.1, -0.05) is 30.7 Å². The fraction of sp³-hybridized carbons (Fsp3) is 0.308. The van der Waals surface area contributed by atoms with Crippen molar-refractivity contribution in [3.8, 4) is 5.69 Å². The summed E-state index contributed by atoms with van der Waals surface area (Å²) in [6.07, 6.45) is 0.975. The van der Waals surface area contributed by atoms with Crippen molar-refractivity contribution in [2.75, 3.05) is 36.4 Å². The number of aryl methyl sites for hydroxylation is 3. The topological polar surface area (TPSA) is 79.2 Å². The number of aromatic nitrogens is 4. The lowest BCUT2D eigenvalue weighted by atomic mass is 10.1. The van der Waals surface area contributed by atoms with E-state index in [9.17, 15) is 4.79 Å². The standard InChI is InChI=1S/C26H28ClN7O/c1-4-19-5-9-21(10-6-19)28-26(35)33-15-13-32(14-16-33)25-24-23(17(2)29-30-25)18(3)34(31-24)22-11-7-20(27)8-12-22/h5-12H,4,13-16H2,1-3H3,(H,28,35). The number of anilines is 2. The number of carbonyl (C=O) groups excluding carboxylic acids is 1. The molecule has 0 unspecified atom stereocenters. The van der Waals surface area contributed by atoms with Crippen molar-refractivity contribution < 1.29 is 4.79 Å². The molecular formula is C26H28ClN7O. The quantitative estimate of drug-likeness (QED) is 0.436. The second-order valence-corrected chi connectivity index (χ2v) is 9.20. The first-order valence-corrected chi connectivity index (χ1v) is 12.2. The van der Waals surface area contributed by atoms with Crippen LogP contribution in [0, 0.1) is 13.8 Å². The van der Waals surface area contributed by atoms with Crippen LogP contribution >= 0.6 is 11.6 Å². The van der Waals surface area contributed by atoms with Gasteiger partial charge in [0, 0.05) is 36.9 Å². The largest absolute Gasteiger partial charge is 0.350 e. The Kier molecular flexibility index (Phi) is 6.30. The maximum absolute atomic E-state index is 12.8. The van der Waals surface area contributed by atoms with Gasteiger partial charge in [0.15, 0.2) is 5.82 Å². The van der Waals surface area contributed by atoms with Crippen molar-refractivity contribution in [2.24, 2.45) is 0 Å². The molecular weight excluding hydrogens is 462 g/mol. The summed E-state index contributed by atoms with van der Waals surface area (Å²) in [5, 5.41) is 18.5. The highest BCUT2D eigenvalue weighted by Gasteiger charge is 2.26. The lowest BCUT2D eigenvalue weighted by Gasteiger charge is -2.35. The fourth-order valence-electron chi connectivity index (χ4n) is 4.51. The molecule has 0 saturated carbocycles. The molecule has 4 aromatic rings. The average molecular weight is 490 g/mol. The number of hydrogen-bond donors (Lipinski definition) is 1. The molecule has 1 aliphatic heterocycles. The molecule has 2 amide bonds. The Morgan fingerprint density at radius 3 is 2.31 bits per heavy atom. The molecule has 180 valence electrons. The van der Waals surface area contributed by atoms with Gasteiger partial charge >= 0.3 is 6.03 Å². The average Bonchev–Trinajstić information content (AvgIpc) is 3.23. The van der Waals surface area contributed by atoms with Crippen LogP contribution in [-0.4, -0.2) is 57.1 Å². The van der Waals surface area contributed by atoms with Crippen molar-refractivity contribution >= 4 is 40.0 Å². The Morgan fingerprint density at radius 1 is 0.971 bits per heavy atom. The van der Waals surface area contributed by atoms with Crippen LogP contribution in [0.3, 0.4) is 0 Å². The van der Waals surface area contributed by atoms with Gasteiger partial charge in [0.2, 0.25) is 0 Å². The van der Waals surface area contributed by atoms with Gasteiger partial charge in [-0.15, -0.1) is 5.10 Å². The van der Waals surface area contributed by atoms with Gasteiger partial charge in [0.05, 0.1) is 22.5 Å². The predicted molar refractivity (Wildman–Crippen MR) is 140 cm³/mol. The van der Waals surface area contributed by atoms with Gasteiger partial charge in [-0.05, 0) is 62.2 Å². The van der Waals surface area contributed by atoms with Crippen molar-refractivity contribution in [1.82, 2.24) is 24.9 Å². The van der Waals surface area contributed by atoms with Crippen molar-refractivity contribution in [3.63, 3.8) is 0 Å². The minimum atomic E-state index is -0.0862. The molecule has 1 saturated heterocycles. The predicted octanol–water partition coefficient (Wildman–Crippen LogP) is 5.00. The minimum Gasteiger partial charge on any atom is -0.350 e. The first-order chi connectivity index (χ1) is 16.9. The highest BCUT2D eigenvalue weighted by atomic mass is 35.5. The van der Waals surface area contributed by atoms with Gasteiger partial charge in [0.25, 0.3) is 0 Å². The summed E-state index contributed by atoms with van der Waals surface area (Å²) < 4.78 is 1.91. The molecule has 8 nitrogen and oxygen atoms in total. The summed E-state index contributed by atoms with van der Waals surface area (Å²) in [4.78, 5) is 16.8. The molecule has 5 rings (SSSR count). The highest BCUT2D eigenvalue weighted by Crippen LogP contribution is 2.30. The molecule has 0 radical (unpaired) electrons. The lowest BCUT2D eigenvalue weighted by molar-refractivity contribution is 0.208. The zero-order valence-electron chi connectivity index (χ0n) is 20.1.